The summed E-state index contributed by atoms with van der Waals surface area (Å²) < 4.78 is 6.68. The molecule has 1 unspecified atom stereocenters. The van der Waals surface area contributed by atoms with Crippen LogP contribution in [0.1, 0.15) is 41.9 Å². The number of hydrogen-bond acceptors (Lipinski definition) is 3. The normalized spacial score (nSPS) is 22.8. The highest BCUT2D eigenvalue weighted by Gasteiger charge is 2.30. The molecule has 1 N–H and O–H groups in total. The number of ether oxygens (including phenoxy) is 1. The Bertz CT molecular complexity index is 436. The largest absolute Gasteiger partial charge is 0.375 e. The van der Waals surface area contributed by atoms with E-state index >= 15 is 0 Å². The van der Waals surface area contributed by atoms with Gasteiger partial charge in [-0.25, -0.2) is 0 Å². The molecule has 0 radical (unpaired) electrons. The third kappa shape index (κ3) is 3.33. The zero-order chi connectivity index (χ0) is 13.3. The van der Waals surface area contributed by atoms with Gasteiger partial charge in [-0.05, 0) is 61.2 Å². The summed E-state index contributed by atoms with van der Waals surface area (Å²) in [6.45, 7) is 6.84. The second kappa shape index (κ2) is 5.31. The summed E-state index contributed by atoms with van der Waals surface area (Å²) in [7, 11) is 0. The Morgan fingerprint density at radius 1 is 1.61 bits per heavy atom. The first-order valence-corrected chi connectivity index (χ1v) is 7.69. The van der Waals surface area contributed by atoms with Crippen LogP contribution in [0.2, 0.25) is 0 Å². The minimum Gasteiger partial charge on any atom is -0.375 e. The molecule has 0 aliphatic carbocycles. The third-order valence-electron chi connectivity index (χ3n) is 3.11. The predicted octanol–water partition coefficient (Wildman–Crippen LogP) is 3.51. The molecule has 1 aliphatic rings. The Hall–Kier alpha value is -0.390. The molecule has 3 nitrogen and oxygen atoms in total. The zero-order valence-corrected chi connectivity index (χ0v) is 13.3. The number of amides is 1. The number of aryl methyl sites for hydroxylation is 1. The van der Waals surface area contributed by atoms with Gasteiger partial charge in [0.15, 0.2) is 0 Å². The predicted molar refractivity (Wildman–Crippen MR) is 77.3 cm³/mol. The lowest BCUT2D eigenvalue weighted by atomic mass is 9.94. The van der Waals surface area contributed by atoms with E-state index in [0.29, 0.717) is 6.61 Å². The van der Waals surface area contributed by atoms with Crippen molar-refractivity contribution in [2.75, 3.05) is 6.61 Å². The summed E-state index contributed by atoms with van der Waals surface area (Å²) in [5, 5.41) is 3.10. The molecule has 5 heteroatoms. The van der Waals surface area contributed by atoms with Gasteiger partial charge in [0.2, 0.25) is 0 Å². The minimum atomic E-state index is -0.137. The van der Waals surface area contributed by atoms with Gasteiger partial charge in [-0.3, -0.25) is 4.79 Å². The topological polar surface area (TPSA) is 38.3 Å². The van der Waals surface area contributed by atoms with Gasteiger partial charge in [-0.2, -0.15) is 0 Å². The number of hydrogen-bond donors (Lipinski definition) is 1. The molecule has 2 heterocycles. The summed E-state index contributed by atoms with van der Waals surface area (Å²) in [4.78, 5) is 12.9. The van der Waals surface area contributed by atoms with Crippen molar-refractivity contribution in [1.29, 1.82) is 0 Å². The Balaban J connectivity index is 1.99. The quantitative estimate of drug-likeness (QED) is 0.900. The van der Waals surface area contributed by atoms with Crippen molar-refractivity contribution >= 4 is 33.2 Å². The molecule has 0 bridgehead atoms. The van der Waals surface area contributed by atoms with Gasteiger partial charge in [0, 0.05) is 12.6 Å². The molecule has 1 amide bonds. The molecule has 1 aromatic rings. The van der Waals surface area contributed by atoms with E-state index in [1.165, 1.54) is 11.3 Å². The fraction of sp³-hybridized carbons (Fsp3) is 0.615. The van der Waals surface area contributed by atoms with E-state index in [1.807, 2.05) is 13.0 Å². The number of rotatable bonds is 2. The van der Waals surface area contributed by atoms with Crippen LogP contribution < -0.4 is 5.32 Å². The molecule has 2 rings (SSSR count). The van der Waals surface area contributed by atoms with Crippen molar-refractivity contribution in [3.05, 3.63) is 20.3 Å². The van der Waals surface area contributed by atoms with Gasteiger partial charge in [0.05, 0.1) is 14.3 Å². The van der Waals surface area contributed by atoms with Crippen LogP contribution in [0.5, 0.6) is 0 Å². The lowest BCUT2D eigenvalue weighted by molar-refractivity contribution is -0.0615. The molecular formula is C13H18BrNO2S. The van der Waals surface area contributed by atoms with Crippen molar-refractivity contribution in [3.63, 3.8) is 0 Å². The first kappa shape index (κ1) is 14.0. The fourth-order valence-electron chi connectivity index (χ4n) is 2.18. The van der Waals surface area contributed by atoms with Gasteiger partial charge in [0.25, 0.3) is 5.91 Å². The van der Waals surface area contributed by atoms with Crippen LogP contribution in [0.25, 0.3) is 0 Å². The van der Waals surface area contributed by atoms with Crippen LogP contribution in [0.15, 0.2) is 9.85 Å². The van der Waals surface area contributed by atoms with E-state index in [1.54, 1.807) is 0 Å². The molecular weight excluding hydrogens is 314 g/mol. The van der Waals surface area contributed by atoms with E-state index in [-0.39, 0.29) is 17.6 Å². The Morgan fingerprint density at radius 3 is 2.89 bits per heavy atom. The van der Waals surface area contributed by atoms with E-state index < -0.39 is 0 Å². The number of halogens is 1. The van der Waals surface area contributed by atoms with E-state index in [4.69, 9.17) is 4.74 Å². The van der Waals surface area contributed by atoms with Crippen molar-refractivity contribution in [2.24, 2.45) is 0 Å². The van der Waals surface area contributed by atoms with Crippen LogP contribution in [0.4, 0.5) is 0 Å². The van der Waals surface area contributed by atoms with Gasteiger partial charge in [-0.1, -0.05) is 0 Å². The lowest BCUT2D eigenvalue weighted by Crippen LogP contribution is -2.45. The van der Waals surface area contributed by atoms with E-state index in [0.717, 1.165) is 27.1 Å². The highest BCUT2D eigenvalue weighted by molar-refractivity contribution is 9.11. The SMILES string of the molecule is Cc1cc(C(=O)NC2CCOC(C)(C)C2)sc1Br. The van der Waals surface area contributed by atoms with Crippen LogP contribution in [0, 0.1) is 6.92 Å². The summed E-state index contributed by atoms with van der Waals surface area (Å²) in [6.07, 6.45) is 1.75. The van der Waals surface area contributed by atoms with Gasteiger partial charge < -0.3 is 10.1 Å². The summed E-state index contributed by atoms with van der Waals surface area (Å²) in [6, 6.07) is 2.14. The second-order valence-corrected chi connectivity index (χ2v) is 7.71. The number of carbonyl (C=O) groups excluding carboxylic acids is 1. The Kier molecular flexibility index (Phi) is 4.14. The number of nitrogens with one attached hydrogen (secondary N) is 1. The van der Waals surface area contributed by atoms with Crippen LogP contribution in [-0.2, 0) is 4.74 Å². The summed E-state index contributed by atoms with van der Waals surface area (Å²) in [5.74, 6) is 0.0245. The highest BCUT2D eigenvalue weighted by atomic mass is 79.9. The molecule has 1 aromatic heterocycles. The number of carbonyl (C=O) groups is 1. The summed E-state index contributed by atoms with van der Waals surface area (Å²) >= 11 is 4.93. The second-order valence-electron chi connectivity index (χ2n) is 5.34. The smallest absolute Gasteiger partial charge is 0.261 e. The first-order chi connectivity index (χ1) is 8.37. The Morgan fingerprint density at radius 2 is 2.33 bits per heavy atom. The highest BCUT2D eigenvalue weighted by Crippen LogP contribution is 2.28. The standard InChI is InChI=1S/C13H18BrNO2S/c1-8-6-10(18-11(8)14)12(16)15-9-4-5-17-13(2,3)7-9/h6,9H,4-5,7H2,1-3H3,(H,15,16). The molecule has 0 saturated carbocycles. The maximum absolute atomic E-state index is 12.1. The lowest BCUT2D eigenvalue weighted by Gasteiger charge is -2.35. The summed E-state index contributed by atoms with van der Waals surface area (Å²) in [5.41, 5.74) is 0.972. The zero-order valence-electron chi connectivity index (χ0n) is 10.9. The van der Waals surface area contributed by atoms with Crippen LogP contribution in [0.3, 0.4) is 0 Å². The van der Waals surface area contributed by atoms with Crippen molar-refractivity contribution < 1.29 is 9.53 Å². The molecule has 1 atom stereocenters. The fourth-order valence-corrected chi connectivity index (χ4v) is 3.62. The third-order valence-corrected chi connectivity index (χ3v) is 5.25. The average Bonchev–Trinajstić information content (AvgIpc) is 2.58. The average molecular weight is 332 g/mol. The van der Waals surface area contributed by atoms with Gasteiger partial charge >= 0.3 is 0 Å². The molecule has 0 aromatic carbocycles. The molecule has 1 aliphatic heterocycles. The Labute approximate surface area is 120 Å². The molecule has 100 valence electrons. The van der Waals surface area contributed by atoms with E-state index in [9.17, 15) is 4.79 Å². The van der Waals surface area contributed by atoms with Crippen LogP contribution in [-0.4, -0.2) is 24.2 Å². The van der Waals surface area contributed by atoms with Crippen molar-refractivity contribution in [2.45, 2.75) is 45.3 Å². The van der Waals surface area contributed by atoms with Crippen molar-refractivity contribution in [1.82, 2.24) is 5.32 Å². The van der Waals surface area contributed by atoms with Gasteiger partial charge in [-0.15, -0.1) is 11.3 Å². The molecule has 0 spiro atoms. The van der Waals surface area contributed by atoms with Crippen LogP contribution >= 0.6 is 27.3 Å². The molecule has 18 heavy (non-hydrogen) atoms. The maximum atomic E-state index is 12.1. The van der Waals surface area contributed by atoms with E-state index in [2.05, 4.69) is 35.1 Å². The first-order valence-electron chi connectivity index (χ1n) is 6.08. The minimum absolute atomic E-state index is 0.0245. The van der Waals surface area contributed by atoms with Gasteiger partial charge in [0.1, 0.15) is 0 Å². The molecule has 1 saturated heterocycles. The number of thiophene rings is 1. The molecule has 1 fully saturated rings. The monoisotopic (exact) mass is 331 g/mol. The van der Waals surface area contributed by atoms with Crippen molar-refractivity contribution in [3.8, 4) is 0 Å². The maximum Gasteiger partial charge on any atom is 0.261 e.